The van der Waals surface area contributed by atoms with Crippen molar-refractivity contribution >= 4 is 17.5 Å². The molecule has 3 aromatic rings. The maximum Gasteiger partial charge on any atom is 0.321 e. The number of nitrogens with zero attached hydrogens (tertiary/aromatic N) is 6. The molecule has 1 aromatic carbocycles. The highest BCUT2D eigenvalue weighted by molar-refractivity contribution is 5.89. The lowest BCUT2D eigenvalue weighted by Gasteiger charge is -2.35. The van der Waals surface area contributed by atoms with E-state index in [1.807, 2.05) is 25.3 Å². The van der Waals surface area contributed by atoms with Crippen LogP contribution in [-0.4, -0.2) is 56.9 Å². The minimum Gasteiger partial charge on any atom is -0.353 e. The van der Waals surface area contributed by atoms with Gasteiger partial charge in [-0.3, -0.25) is 0 Å². The van der Waals surface area contributed by atoms with Gasteiger partial charge in [-0.25, -0.2) is 28.2 Å². The predicted molar refractivity (Wildman–Crippen MR) is 103 cm³/mol. The molecule has 1 saturated heterocycles. The zero-order valence-corrected chi connectivity index (χ0v) is 15.7. The number of hydrogen-bond donors (Lipinski definition) is 1. The number of amides is 2. The van der Waals surface area contributed by atoms with E-state index < -0.39 is 11.6 Å². The molecule has 0 radical (unpaired) electrons. The van der Waals surface area contributed by atoms with Crippen LogP contribution in [0.25, 0.3) is 5.82 Å². The summed E-state index contributed by atoms with van der Waals surface area (Å²) in [4.78, 5) is 25.0. The maximum absolute atomic E-state index is 13.3. The summed E-state index contributed by atoms with van der Waals surface area (Å²) in [5.41, 5.74) is 0.214. The Kier molecular flexibility index (Phi) is 5.07. The van der Waals surface area contributed by atoms with Gasteiger partial charge in [0.2, 0.25) is 0 Å². The molecule has 8 nitrogen and oxygen atoms in total. The summed E-state index contributed by atoms with van der Waals surface area (Å²) in [6, 6.07) is 6.60. The molecule has 3 heterocycles. The van der Waals surface area contributed by atoms with Crippen LogP contribution in [0.1, 0.15) is 5.82 Å². The Hall–Kier alpha value is -3.56. The van der Waals surface area contributed by atoms with E-state index in [9.17, 15) is 13.6 Å². The molecule has 10 heteroatoms. The Morgan fingerprint density at radius 2 is 1.79 bits per heavy atom. The number of carbonyl (C=O) groups is 1. The van der Waals surface area contributed by atoms with Gasteiger partial charge < -0.3 is 15.1 Å². The molecule has 29 heavy (non-hydrogen) atoms. The summed E-state index contributed by atoms with van der Waals surface area (Å²) < 4.78 is 28.0. The van der Waals surface area contributed by atoms with Gasteiger partial charge in [-0.2, -0.15) is 5.10 Å². The van der Waals surface area contributed by atoms with Crippen LogP contribution in [0, 0.1) is 18.6 Å². The monoisotopic (exact) mass is 399 g/mol. The highest BCUT2D eigenvalue weighted by Crippen LogP contribution is 2.18. The number of rotatable bonds is 3. The quantitative estimate of drug-likeness (QED) is 0.733. The SMILES string of the molecule is Cc1nc(N2CCN(C(=O)Nc3ccc(F)c(F)c3)CC2)cc(-n2cccn2)n1. The Labute approximate surface area is 165 Å². The van der Waals surface area contributed by atoms with Gasteiger partial charge in [-0.05, 0) is 25.1 Å². The molecule has 2 aromatic heterocycles. The summed E-state index contributed by atoms with van der Waals surface area (Å²) in [6.07, 6.45) is 3.49. The first-order chi connectivity index (χ1) is 14.0. The lowest BCUT2D eigenvalue weighted by atomic mass is 10.3. The van der Waals surface area contributed by atoms with Gasteiger partial charge >= 0.3 is 6.03 Å². The van der Waals surface area contributed by atoms with E-state index in [-0.39, 0.29) is 11.7 Å². The molecule has 0 aliphatic carbocycles. The fourth-order valence-electron chi connectivity index (χ4n) is 3.14. The third-order valence-electron chi connectivity index (χ3n) is 4.61. The minimum absolute atomic E-state index is 0.214. The second-order valence-corrected chi connectivity index (χ2v) is 6.62. The van der Waals surface area contributed by atoms with Crippen LogP contribution in [0.4, 0.5) is 25.1 Å². The molecule has 4 rings (SSSR count). The van der Waals surface area contributed by atoms with Crippen LogP contribution >= 0.6 is 0 Å². The van der Waals surface area contributed by atoms with E-state index >= 15 is 0 Å². The van der Waals surface area contributed by atoms with Crippen LogP contribution in [-0.2, 0) is 0 Å². The number of piperazine rings is 1. The molecule has 0 unspecified atom stereocenters. The van der Waals surface area contributed by atoms with E-state index in [0.717, 1.165) is 18.0 Å². The molecule has 0 bridgehead atoms. The molecule has 150 valence electrons. The standard InChI is InChI=1S/C19H19F2N7O/c1-13-23-17(12-18(24-13)28-6-2-5-22-28)26-7-9-27(10-8-26)19(29)25-14-3-4-15(20)16(21)11-14/h2-6,11-12H,7-10H2,1H3,(H,25,29). The highest BCUT2D eigenvalue weighted by Gasteiger charge is 2.23. The van der Waals surface area contributed by atoms with E-state index in [1.54, 1.807) is 15.8 Å². The van der Waals surface area contributed by atoms with E-state index in [0.29, 0.717) is 37.8 Å². The first-order valence-electron chi connectivity index (χ1n) is 9.11. The second kappa shape index (κ2) is 7.82. The zero-order chi connectivity index (χ0) is 20.4. The number of halogens is 2. The minimum atomic E-state index is -1.00. The normalized spacial score (nSPS) is 14.2. The van der Waals surface area contributed by atoms with Crippen LogP contribution in [0.3, 0.4) is 0 Å². The average molecular weight is 399 g/mol. The Balaban J connectivity index is 1.40. The van der Waals surface area contributed by atoms with Crippen molar-refractivity contribution in [2.75, 3.05) is 36.4 Å². The topological polar surface area (TPSA) is 79.2 Å². The average Bonchev–Trinajstić information content (AvgIpc) is 3.25. The van der Waals surface area contributed by atoms with Gasteiger partial charge in [0.1, 0.15) is 11.6 Å². The number of aryl methyl sites for hydroxylation is 1. The van der Waals surface area contributed by atoms with Crippen molar-refractivity contribution in [2.24, 2.45) is 0 Å². The number of carbonyl (C=O) groups excluding carboxylic acids is 1. The molecule has 1 aliphatic rings. The summed E-state index contributed by atoms with van der Waals surface area (Å²) in [5, 5.41) is 6.79. The Morgan fingerprint density at radius 3 is 2.48 bits per heavy atom. The molecular weight excluding hydrogens is 380 g/mol. The first-order valence-corrected chi connectivity index (χ1v) is 9.11. The summed E-state index contributed by atoms with van der Waals surface area (Å²) in [7, 11) is 0. The third kappa shape index (κ3) is 4.15. The molecule has 2 amide bonds. The number of urea groups is 1. The molecule has 1 N–H and O–H groups in total. The Morgan fingerprint density at radius 1 is 1.03 bits per heavy atom. The van der Waals surface area contributed by atoms with Crippen molar-refractivity contribution in [1.29, 1.82) is 0 Å². The van der Waals surface area contributed by atoms with Gasteiger partial charge in [0.05, 0.1) is 0 Å². The van der Waals surface area contributed by atoms with Crippen LogP contribution in [0.5, 0.6) is 0 Å². The van der Waals surface area contributed by atoms with Gasteiger partial charge in [0.25, 0.3) is 0 Å². The number of nitrogens with one attached hydrogen (secondary N) is 1. The molecule has 1 fully saturated rings. The highest BCUT2D eigenvalue weighted by atomic mass is 19.2. The van der Waals surface area contributed by atoms with Gasteiger partial charge in [0.15, 0.2) is 17.5 Å². The number of aromatic nitrogens is 4. The van der Waals surface area contributed by atoms with Crippen LogP contribution in [0.15, 0.2) is 42.7 Å². The van der Waals surface area contributed by atoms with E-state index in [1.165, 1.54) is 6.07 Å². The lowest BCUT2D eigenvalue weighted by Crippen LogP contribution is -2.50. The van der Waals surface area contributed by atoms with Crippen molar-refractivity contribution in [3.8, 4) is 5.82 Å². The molecule has 0 atom stereocenters. The number of benzene rings is 1. The smallest absolute Gasteiger partial charge is 0.321 e. The fraction of sp³-hybridized carbons (Fsp3) is 0.263. The summed E-state index contributed by atoms with van der Waals surface area (Å²) in [6.45, 7) is 3.92. The molecule has 0 spiro atoms. The maximum atomic E-state index is 13.3. The molecular formula is C19H19F2N7O. The molecule has 0 saturated carbocycles. The predicted octanol–water partition coefficient (Wildman–Crippen LogP) is 2.60. The summed E-state index contributed by atoms with van der Waals surface area (Å²) >= 11 is 0. The van der Waals surface area contributed by atoms with Gasteiger partial charge in [-0.1, -0.05) is 0 Å². The number of anilines is 2. The molecule has 1 aliphatic heterocycles. The van der Waals surface area contributed by atoms with Gasteiger partial charge in [-0.15, -0.1) is 0 Å². The van der Waals surface area contributed by atoms with E-state index in [4.69, 9.17) is 0 Å². The third-order valence-corrected chi connectivity index (χ3v) is 4.61. The second-order valence-electron chi connectivity index (χ2n) is 6.62. The zero-order valence-electron chi connectivity index (χ0n) is 15.7. The Bertz CT molecular complexity index is 1020. The van der Waals surface area contributed by atoms with Gasteiger partial charge in [0, 0.05) is 56.4 Å². The van der Waals surface area contributed by atoms with Crippen molar-refractivity contribution in [1.82, 2.24) is 24.6 Å². The van der Waals surface area contributed by atoms with Crippen molar-refractivity contribution in [3.63, 3.8) is 0 Å². The van der Waals surface area contributed by atoms with Crippen LogP contribution < -0.4 is 10.2 Å². The largest absolute Gasteiger partial charge is 0.353 e. The van der Waals surface area contributed by atoms with Crippen molar-refractivity contribution in [3.05, 3.63) is 60.2 Å². The summed E-state index contributed by atoms with van der Waals surface area (Å²) in [5.74, 6) is 0.122. The lowest BCUT2D eigenvalue weighted by molar-refractivity contribution is 0.208. The van der Waals surface area contributed by atoms with Crippen molar-refractivity contribution in [2.45, 2.75) is 6.92 Å². The number of hydrogen-bond acceptors (Lipinski definition) is 5. The van der Waals surface area contributed by atoms with Crippen molar-refractivity contribution < 1.29 is 13.6 Å². The fourth-order valence-corrected chi connectivity index (χ4v) is 3.14. The first kappa shape index (κ1) is 18.8. The van der Waals surface area contributed by atoms with E-state index in [2.05, 4.69) is 25.3 Å². The van der Waals surface area contributed by atoms with Crippen LogP contribution in [0.2, 0.25) is 0 Å².